The summed E-state index contributed by atoms with van der Waals surface area (Å²) in [7, 11) is 0. The summed E-state index contributed by atoms with van der Waals surface area (Å²) < 4.78 is 11.0. The summed E-state index contributed by atoms with van der Waals surface area (Å²) in [5.74, 6) is -0.291. The van der Waals surface area contributed by atoms with Gasteiger partial charge < -0.3 is 14.5 Å². The summed E-state index contributed by atoms with van der Waals surface area (Å²) in [6.45, 7) is 1.74. The molecule has 0 unspecified atom stereocenters. The third-order valence-electron chi connectivity index (χ3n) is 3.59. The topological polar surface area (TPSA) is 111 Å². The smallest absolute Gasteiger partial charge is 0.336 e. The Morgan fingerprint density at radius 3 is 2.80 bits per heavy atom. The van der Waals surface area contributed by atoms with Crippen LogP contribution in [0.1, 0.15) is 24.7 Å². The number of benzene rings is 1. The number of esters is 1. The van der Waals surface area contributed by atoms with Gasteiger partial charge in [-0.05, 0) is 11.6 Å². The van der Waals surface area contributed by atoms with Crippen molar-refractivity contribution < 1.29 is 18.7 Å². The van der Waals surface area contributed by atoms with Crippen LogP contribution in [0.2, 0.25) is 0 Å². The zero-order valence-electron chi connectivity index (χ0n) is 15.9. The lowest BCUT2D eigenvalue weighted by Crippen LogP contribution is -2.12. The fraction of sp³-hybridized carbons (Fsp3) is 0.150. The van der Waals surface area contributed by atoms with Gasteiger partial charge in [0.2, 0.25) is 22.2 Å². The molecule has 8 nitrogen and oxygen atoms in total. The molecule has 30 heavy (non-hydrogen) atoms. The van der Waals surface area contributed by atoms with Crippen molar-refractivity contribution in [3.8, 4) is 5.75 Å². The van der Waals surface area contributed by atoms with Crippen molar-refractivity contribution in [2.45, 2.75) is 23.4 Å². The Hall–Kier alpha value is -3.24. The van der Waals surface area contributed by atoms with Crippen molar-refractivity contribution in [1.29, 1.82) is 0 Å². The number of ether oxygens (including phenoxy) is 1. The highest BCUT2D eigenvalue weighted by Gasteiger charge is 2.11. The van der Waals surface area contributed by atoms with E-state index in [2.05, 4.69) is 15.5 Å². The SMILES string of the molecule is CCC(=O)Nc1nnc(SCc2cc(=O)c(OC(=O)/C=C/c3ccccc3)co2)s1. The monoisotopic (exact) mass is 443 g/mol. The van der Waals surface area contributed by atoms with Gasteiger partial charge in [-0.1, -0.05) is 60.4 Å². The van der Waals surface area contributed by atoms with Crippen LogP contribution < -0.4 is 15.5 Å². The molecule has 0 aliphatic rings. The first-order chi connectivity index (χ1) is 14.5. The maximum Gasteiger partial charge on any atom is 0.336 e. The molecule has 0 atom stereocenters. The van der Waals surface area contributed by atoms with E-state index < -0.39 is 11.4 Å². The Kier molecular flexibility index (Phi) is 7.52. The number of thioether (sulfide) groups is 1. The van der Waals surface area contributed by atoms with Crippen molar-refractivity contribution in [2.75, 3.05) is 5.32 Å². The van der Waals surface area contributed by atoms with E-state index in [9.17, 15) is 14.4 Å². The Morgan fingerprint density at radius 2 is 2.07 bits per heavy atom. The Labute approximate surface area is 180 Å². The number of rotatable bonds is 8. The summed E-state index contributed by atoms with van der Waals surface area (Å²) in [6.07, 6.45) is 4.29. The van der Waals surface area contributed by atoms with Gasteiger partial charge >= 0.3 is 5.97 Å². The quantitative estimate of drug-likeness (QED) is 0.242. The van der Waals surface area contributed by atoms with E-state index in [0.717, 1.165) is 11.8 Å². The van der Waals surface area contributed by atoms with Gasteiger partial charge in [0.15, 0.2) is 4.34 Å². The molecule has 0 saturated heterocycles. The molecule has 3 aromatic rings. The summed E-state index contributed by atoms with van der Waals surface area (Å²) in [5.41, 5.74) is 0.370. The van der Waals surface area contributed by atoms with Gasteiger partial charge in [0, 0.05) is 18.6 Å². The Morgan fingerprint density at radius 1 is 1.27 bits per heavy atom. The van der Waals surface area contributed by atoms with Crippen molar-refractivity contribution in [3.05, 3.63) is 70.3 Å². The molecule has 3 rings (SSSR count). The van der Waals surface area contributed by atoms with Gasteiger partial charge in [0.05, 0.1) is 5.75 Å². The second-order valence-electron chi connectivity index (χ2n) is 5.80. The molecule has 154 valence electrons. The third kappa shape index (κ3) is 6.39. The van der Waals surface area contributed by atoms with E-state index in [-0.39, 0.29) is 11.7 Å². The normalized spacial score (nSPS) is 10.8. The molecule has 2 heterocycles. The minimum absolute atomic E-state index is 0.141. The fourth-order valence-corrected chi connectivity index (χ4v) is 3.78. The number of hydrogen-bond acceptors (Lipinski definition) is 9. The fourth-order valence-electron chi connectivity index (χ4n) is 2.12. The maximum absolute atomic E-state index is 12.2. The highest BCUT2D eigenvalue weighted by molar-refractivity contribution is 8.00. The number of hydrogen-bond donors (Lipinski definition) is 1. The van der Waals surface area contributed by atoms with E-state index in [4.69, 9.17) is 9.15 Å². The molecule has 10 heteroatoms. The van der Waals surface area contributed by atoms with Gasteiger partial charge in [-0.2, -0.15) is 0 Å². The molecule has 0 radical (unpaired) electrons. The average molecular weight is 444 g/mol. The van der Waals surface area contributed by atoms with Crippen molar-refractivity contribution in [2.24, 2.45) is 0 Å². The third-order valence-corrected chi connectivity index (χ3v) is 5.58. The predicted octanol–water partition coefficient (Wildman–Crippen LogP) is 3.75. The second-order valence-corrected chi connectivity index (χ2v) is 8.00. The summed E-state index contributed by atoms with van der Waals surface area (Å²) in [5, 5.41) is 10.9. The Balaban J connectivity index is 1.55. The highest BCUT2D eigenvalue weighted by Crippen LogP contribution is 2.28. The molecule has 0 aliphatic carbocycles. The number of amides is 1. The zero-order chi connectivity index (χ0) is 21.3. The van der Waals surface area contributed by atoms with Crippen LogP contribution in [0.4, 0.5) is 5.13 Å². The molecule has 0 spiro atoms. The van der Waals surface area contributed by atoms with Crippen molar-refractivity contribution in [3.63, 3.8) is 0 Å². The van der Waals surface area contributed by atoms with Gasteiger partial charge in [-0.25, -0.2) is 4.79 Å². The number of carbonyl (C=O) groups excluding carboxylic acids is 2. The molecule has 1 amide bonds. The van der Waals surface area contributed by atoms with Gasteiger partial charge in [0.1, 0.15) is 12.0 Å². The van der Waals surface area contributed by atoms with Crippen molar-refractivity contribution >= 4 is 46.2 Å². The van der Waals surface area contributed by atoms with Crippen LogP contribution >= 0.6 is 23.1 Å². The van der Waals surface area contributed by atoms with Gasteiger partial charge in [0.25, 0.3) is 0 Å². The number of nitrogens with one attached hydrogen (secondary N) is 1. The number of carbonyl (C=O) groups is 2. The van der Waals surface area contributed by atoms with Crippen LogP contribution in [0, 0.1) is 0 Å². The molecule has 0 bridgehead atoms. The van der Waals surface area contributed by atoms with E-state index in [1.807, 2.05) is 30.3 Å². The minimum atomic E-state index is -0.677. The van der Waals surface area contributed by atoms with Crippen LogP contribution in [-0.2, 0) is 15.3 Å². The second kappa shape index (κ2) is 10.5. The molecular formula is C20H17N3O5S2. The van der Waals surface area contributed by atoms with E-state index >= 15 is 0 Å². The summed E-state index contributed by atoms with van der Waals surface area (Å²) in [4.78, 5) is 35.4. The lowest BCUT2D eigenvalue weighted by Gasteiger charge is -2.02. The molecule has 0 fully saturated rings. The predicted molar refractivity (Wildman–Crippen MR) is 114 cm³/mol. The molecule has 1 N–H and O–H groups in total. The highest BCUT2D eigenvalue weighted by atomic mass is 32.2. The number of nitrogens with zero attached hydrogens (tertiary/aromatic N) is 2. The minimum Gasteiger partial charge on any atom is -0.464 e. The van der Waals surface area contributed by atoms with E-state index in [0.29, 0.717) is 27.4 Å². The summed E-state index contributed by atoms with van der Waals surface area (Å²) in [6, 6.07) is 10.5. The first-order valence-corrected chi connectivity index (χ1v) is 10.7. The maximum atomic E-state index is 12.2. The van der Waals surface area contributed by atoms with Crippen LogP contribution in [0.15, 0.2) is 62.3 Å². The lowest BCUT2D eigenvalue weighted by molar-refractivity contribution is -0.129. The van der Waals surface area contributed by atoms with Crippen LogP contribution in [0.3, 0.4) is 0 Å². The number of anilines is 1. The largest absolute Gasteiger partial charge is 0.464 e. The molecule has 1 aromatic carbocycles. The number of aromatic nitrogens is 2. The lowest BCUT2D eigenvalue weighted by atomic mass is 10.2. The average Bonchev–Trinajstić information content (AvgIpc) is 3.20. The zero-order valence-corrected chi connectivity index (χ0v) is 17.5. The van der Waals surface area contributed by atoms with E-state index in [1.54, 1.807) is 13.0 Å². The van der Waals surface area contributed by atoms with Gasteiger partial charge in [-0.3, -0.25) is 9.59 Å². The molecule has 0 saturated carbocycles. The van der Waals surface area contributed by atoms with Crippen LogP contribution in [-0.4, -0.2) is 22.1 Å². The first kappa shape index (κ1) is 21.5. The molecular weight excluding hydrogens is 426 g/mol. The van der Waals surface area contributed by atoms with Gasteiger partial charge in [-0.15, -0.1) is 10.2 Å². The summed E-state index contributed by atoms with van der Waals surface area (Å²) >= 11 is 2.53. The first-order valence-electron chi connectivity index (χ1n) is 8.86. The molecule has 2 aromatic heterocycles. The van der Waals surface area contributed by atoms with Crippen molar-refractivity contribution in [1.82, 2.24) is 10.2 Å². The van der Waals surface area contributed by atoms with E-state index in [1.165, 1.54) is 35.2 Å². The van der Waals surface area contributed by atoms with Crippen LogP contribution in [0.25, 0.3) is 6.08 Å². The standard InChI is InChI=1S/C20H17N3O5S2/c1-2-17(25)21-19-22-23-20(30-19)29-12-14-10-15(24)16(11-27-14)28-18(26)9-8-13-6-4-3-5-7-13/h3-11H,2,12H2,1H3,(H,21,22,25)/b9-8+. The molecule has 0 aliphatic heterocycles. The Bertz CT molecular complexity index is 1110. The van der Waals surface area contributed by atoms with Crippen LogP contribution in [0.5, 0.6) is 5.75 Å².